The van der Waals surface area contributed by atoms with E-state index in [9.17, 15) is 0 Å². The van der Waals surface area contributed by atoms with Gasteiger partial charge in [-0.25, -0.2) is 4.98 Å². The van der Waals surface area contributed by atoms with Gasteiger partial charge in [0, 0.05) is 51.3 Å². The Labute approximate surface area is 346 Å². The van der Waals surface area contributed by atoms with Crippen molar-refractivity contribution in [1.82, 2.24) is 9.55 Å². The summed E-state index contributed by atoms with van der Waals surface area (Å²) < 4.78 is 9.13. The van der Waals surface area contributed by atoms with Gasteiger partial charge in [-0.3, -0.25) is 4.57 Å². The summed E-state index contributed by atoms with van der Waals surface area (Å²) >= 11 is 0. The second kappa shape index (κ2) is 14.1. The van der Waals surface area contributed by atoms with Crippen LogP contribution >= 0.6 is 0 Å². The smallest absolute Gasteiger partial charge is 0.137 e. The van der Waals surface area contributed by atoms with E-state index in [1.165, 1.54) is 33.0 Å². The lowest BCUT2D eigenvalue weighted by atomic mass is 9.81. The molecule has 2 heterocycles. The SMILES string of the molecule is CC(C)(C)c1ccnc(-n2c3cccc4c3c3c(cc(Oc5cccc(Nc6ccccc6Nc6c(-c7ccccc7)cccc6-c6ccccc6)c5)cc32)C4(C)C)c1. The molecule has 59 heavy (non-hydrogen) atoms. The van der Waals surface area contributed by atoms with Crippen molar-refractivity contribution in [3.63, 3.8) is 0 Å². The molecule has 9 aromatic rings. The highest BCUT2D eigenvalue weighted by atomic mass is 16.5. The highest BCUT2D eigenvalue weighted by Crippen LogP contribution is 2.52. The van der Waals surface area contributed by atoms with Crippen LogP contribution in [0.5, 0.6) is 11.5 Å². The first kappa shape index (κ1) is 36.2. The summed E-state index contributed by atoms with van der Waals surface area (Å²) in [5.74, 6) is 2.45. The Morgan fingerprint density at radius 1 is 0.542 bits per heavy atom. The van der Waals surface area contributed by atoms with E-state index >= 15 is 0 Å². The van der Waals surface area contributed by atoms with Crippen molar-refractivity contribution >= 4 is 44.6 Å². The Balaban J connectivity index is 1.01. The summed E-state index contributed by atoms with van der Waals surface area (Å²) in [6, 6.07) is 59.6. The van der Waals surface area contributed by atoms with Crippen LogP contribution in [-0.4, -0.2) is 9.55 Å². The average molecular weight is 767 g/mol. The molecule has 1 aliphatic carbocycles. The predicted molar refractivity (Wildman–Crippen MR) is 246 cm³/mol. The molecule has 0 amide bonds. The molecule has 1 aliphatic rings. The first-order valence-electron chi connectivity index (χ1n) is 20.4. The standard InChI is InChI=1S/C54H46N4O/c1-53(2,3)37-29-30-55-49(31-37)58-47-28-16-25-43-50(47)51-44(54(43,4)5)33-40(34-48(51)58)59-39-22-14-21-38(32-39)56-45-26-12-13-27-46(45)57-52-41(35-17-8-6-9-18-35)23-15-24-42(52)36-19-10-7-11-20-36/h6-34,56-57H,1-5H3. The number of aromatic nitrogens is 2. The van der Waals surface area contributed by atoms with Crippen LogP contribution in [0.3, 0.4) is 0 Å². The van der Waals surface area contributed by atoms with Crippen molar-refractivity contribution in [2.75, 3.05) is 10.6 Å². The topological polar surface area (TPSA) is 51.1 Å². The Bertz CT molecular complexity index is 2970. The Hall–Kier alpha value is -7.11. The molecule has 2 N–H and O–H groups in total. The number of nitrogens with zero attached hydrogens (tertiary/aromatic N) is 2. The van der Waals surface area contributed by atoms with Gasteiger partial charge in [-0.1, -0.05) is 144 Å². The third kappa shape index (κ3) is 6.40. The molecule has 0 bridgehead atoms. The van der Waals surface area contributed by atoms with Gasteiger partial charge >= 0.3 is 0 Å². The molecule has 7 aromatic carbocycles. The normalized spacial score (nSPS) is 13.0. The lowest BCUT2D eigenvalue weighted by Gasteiger charge is -2.24. The van der Waals surface area contributed by atoms with E-state index in [1.807, 2.05) is 18.3 Å². The van der Waals surface area contributed by atoms with Gasteiger partial charge < -0.3 is 15.4 Å². The molecule has 5 nitrogen and oxygen atoms in total. The summed E-state index contributed by atoms with van der Waals surface area (Å²) in [4.78, 5) is 4.93. The van der Waals surface area contributed by atoms with Crippen molar-refractivity contribution in [2.24, 2.45) is 0 Å². The zero-order valence-corrected chi connectivity index (χ0v) is 34.0. The molecule has 0 spiro atoms. The maximum Gasteiger partial charge on any atom is 0.137 e. The molecule has 288 valence electrons. The monoisotopic (exact) mass is 766 g/mol. The molecule has 0 fully saturated rings. The van der Waals surface area contributed by atoms with Gasteiger partial charge in [0.2, 0.25) is 0 Å². The van der Waals surface area contributed by atoms with Gasteiger partial charge in [0.05, 0.1) is 28.1 Å². The van der Waals surface area contributed by atoms with Crippen molar-refractivity contribution in [2.45, 2.75) is 45.4 Å². The third-order valence-electron chi connectivity index (χ3n) is 11.8. The van der Waals surface area contributed by atoms with E-state index < -0.39 is 0 Å². The molecule has 0 radical (unpaired) electrons. The highest BCUT2D eigenvalue weighted by Gasteiger charge is 2.37. The lowest BCUT2D eigenvalue weighted by Crippen LogP contribution is -2.16. The Kier molecular flexibility index (Phi) is 8.64. The molecule has 0 saturated heterocycles. The predicted octanol–water partition coefficient (Wildman–Crippen LogP) is 14.7. The van der Waals surface area contributed by atoms with Crippen molar-refractivity contribution in [1.29, 1.82) is 0 Å². The number of hydrogen-bond donors (Lipinski definition) is 2. The molecule has 0 unspecified atom stereocenters. The van der Waals surface area contributed by atoms with Crippen molar-refractivity contribution in [3.8, 4) is 39.6 Å². The number of hydrogen-bond acceptors (Lipinski definition) is 4. The summed E-state index contributed by atoms with van der Waals surface area (Å²) in [5.41, 5.74) is 14.4. The summed E-state index contributed by atoms with van der Waals surface area (Å²) in [6.07, 6.45) is 1.94. The molecule has 0 saturated carbocycles. The fourth-order valence-corrected chi connectivity index (χ4v) is 8.80. The molecule has 2 aromatic heterocycles. The summed E-state index contributed by atoms with van der Waals surface area (Å²) in [5, 5.41) is 10.2. The minimum atomic E-state index is -0.179. The van der Waals surface area contributed by atoms with E-state index in [-0.39, 0.29) is 10.8 Å². The number of anilines is 4. The number of pyridine rings is 1. The molecular weight excluding hydrogens is 721 g/mol. The van der Waals surface area contributed by atoms with Crippen LogP contribution in [0.2, 0.25) is 0 Å². The molecule has 0 atom stereocenters. The highest BCUT2D eigenvalue weighted by molar-refractivity contribution is 6.16. The second-order valence-electron chi connectivity index (χ2n) is 17.1. The zero-order valence-electron chi connectivity index (χ0n) is 34.0. The van der Waals surface area contributed by atoms with E-state index in [2.05, 4.69) is 208 Å². The van der Waals surface area contributed by atoms with Gasteiger partial charge in [-0.15, -0.1) is 0 Å². The number of benzene rings is 7. The van der Waals surface area contributed by atoms with Gasteiger partial charge in [0.25, 0.3) is 0 Å². The van der Waals surface area contributed by atoms with E-state index in [4.69, 9.17) is 9.72 Å². The van der Waals surface area contributed by atoms with E-state index in [0.717, 1.165) is 67.8 Å². The maximum atomic E-state index is 6.82. The van der Waals surface area contributed by atoms with Crippen LogP contribution in [0.1, 0.15) is 51.3 Å². The molecule has 5 heteroatoms. The fourth-order valence-electron chi connectivity index (χ4n) is 8.80. The molecule has 0 aliphatic heterocycles. The summed E-state index contributed by atoms with van der Waals surface area (Å²) in [7, 11) is 0. The quantitative estimate of drug-likeness (QED) is 0.154. The van der Waals surface area contributed by atoms with Crippen molar-refractivity contribution < 1.29 is 4.74 Å². The van der Waals surface area contributed by atoms with Crippen LogP contribution < -0.4 is 15.4 Å². The van der Waals surface area contributed by atoms with Crippen molar-refractivity contribution in [3.05, 3.63) is 193 Å². The van der Waals surface area contributed by atoms with Gasteiger partial charge in [0.1, 0.15) is 17.3 Å². The van der Waals surface area contributed by atoms with Crippen LogP contribution in [-0.2, 0) is 10.8 Å². The largest absolute Gasteiger partial charge is 0.457 e. The van der Waals surface area contributed by atoms with Crippen LogP contribution in [0.4, 0.5) is 22.7 Å². The Morgan fingerprint density at radius 3 is 1.86 bits per heavy atom. The van der Waals surface area contributed by atoms with Crippen LogP contribution in [0.15, 0.2) is 176 Å². The average Bonchev–Trinajstić information content (AvgIpc) is 3.70. The minimum Gasteiger partial charge on any atom is -0.457 e. The first-order chi connectivity index (χ1) is 28.6. The number of nitrogens with one attached hydrogen (secondary N) is 2. The molecule has 10 rings (SSSR count). The van der Waals surface area contributed by atoms with Crippen LogP contribution in [0, 0.1) is 0 Å². The summed E-state index contributed by atoms with van der Waals surface area (Å²) in [6.45, 7) is 11.4. The lowest BCUT2D eigenvalue weighted by molar-refractivity contribution is 0.481. The van der Waals surface area contributed by atoms with Gasteiger partial charge in [0.15, 0.2) is 0 Å². The fraction of sp³-hybridized carbons (Fsp3) is 0.130. The Morgan fingerprint density at radius 2 is 1.17 bits per heavy atom. The number of para-hydroxylation sites is 3. The molecular formula is C54H46N4O. The third-order valence-corrected chi connectivity index (χ3v) is 11.8. The second-order valence-corrected chi connectivity index (χ2v) is 17.1. The van der Waals surface area contributed by atoms with Gasteiger partial charge in [-0.05, 0) is 81.8 Å². The van der Waals surface area contributed by atoms with E-state index in [0.29, 0.717) is 0 Å². The maximum absolute atomic E-state index is 6.82. The van der Waals surface area contributed by atoms with Crippen LogP contribution in [0.25, 0.3) is 49.9 Å². The number of ether oxygens (including phenoxy) is 1. The van der Waals surface area contributed by atoms with E-state index in [1.54, 1.807) is 0 Å². The van der Waals surface area contributed by atoms with Gasteiger partial charge in [-0.2, -0.15) is 0 Å². The number of rotatable bonds is 9. The zero-order chi connectivity index (χ0) is 40.3. The first-order valence-corrected chi connectivity index (χ1v) is 20.4. The minimum absolute atomic E-state index is 0.00647.